The molecule has 0 saturated carbocycles. The maximum atomic E-state index is 13.0. The summed E-state index contributed by atoms with van der Waals surface area (Å²) in [6, 6.07) is 8.82. The number of anilines is 3. The number of nitrogens with zero attached hydrogens (tertiary/aromatic N) is 3. The number of pyridine rings is 1. The molecule has 1 saturated heterocycles. The van der Waals surface area contributed by atoms with Crippen LogP contribution in [-0.4, -0.2) is 43.3 Å². The predicted octanol–water partition coefficient (Wildman–Crippen LogP) is 3.23. The molecule has 3 heterocycles. The molecular weight excluding hydrogens is 475 g/mol. The molecule has 1 aliphatic rings. The van der Waals surface area contributed by atoms with Crippen molar-refractivity contribution >= 4 is 35.0 Å². The zero-order chi connectivity index (χ0) is 24.3. The molecule has 0 aliphatic carbocycles. The van der Waals surface area contributed by atoms with Gasteiger partial charge in [0.25, 0.3) is 5.91 Å². The number of amides is 1. The van der Waals surface area contributed by atoms with Crippen LogP contribution in [-0.2, 0) is 10.9 Å². The van der Waals surface area contributed by atoms with Gasteiger partial charge < -0.3 is 20.5 Å². The summed E-state index contributed by atoms with van der Waals surface area (Å²) >= 11 is 1.36. The molecule has 0 spiro atoms. The molecule has 4 rings (SSSR count). The lowest BCUT2D eigenvalue weighted by Crippen LogP contribution is -2.29. The van der Waals surface area contributed by atoms with Gasteiger partial charge in [0.15, 0.2) is 0 Å². The number of hydrogen-bond acceptors (Lipinski definition) is 8. The number of hydrogen-bond donors (Lipinski definition) is 3. The smallest absolute Gasteiger partial charge is 0.393 e. The molecule has 2 aromatic heterocycles. The number of nitrogens with one attached hydrogen (secondary N) is 2. The summed E-state index contributed by atoms with van der Waals surface area (Å²) in [6.45, 7) is -0.181. The van der Waals surface area contributed by atoms with Crippen molar-refractivity contribution in [2.75, 3.05) is 23.0 Å². The van der Waals surface area contributed by atoms with Crippen molar-refractivity contribution in [3.8, 4) is 0 Å². The lowest BCUT2D eigenvalue weighted by atomic mass is 10.2. The van der Waals surface area contributed by atoms with Crippen molar-refractivity contribution in [3.05, 3.63) is 76.5 Å². The van der Waals surface area contributed by atoms with Gasteiger partial charge in [0, 0.05) is 23.8 Å². The van der Waals surface area contributed by atoms with E-state index in [0.717, 1.165) is 12.1 Å². The first-order chi connectivity index (χ1) is 16.2. The van der Waals surface area contributed by atoms with Gasteiger partial charge in [0.2, 0.25) is 0 Å². The average molecular weight is 493 g/mol. The first kappa shape index (κ1) is 23.7. The number of carbonyl (C=O) groups is 1. The van der Waals surface area contributed by atoms with Gasteiger partial charge in [-0.25, -0.2) is 9.78 Å². The van der Waals surface area contributed by atoms with Crippen molar-refractivity contribution < 1.29 is 27.8 Å². The normalized spacial score (nSPS) is 18.0. The number of aliphatic hydroxyl groups excluding tert-OH is 1. The van der Waals surface area contributed by atoms with Crippen LogP contribution in [0.4, 0.5) is 30.5 Å². The van der Waals surface area contributed by atoms with Gasteiger partial charge in [-0.3, -0.25) is 9.36 Å². The predicted molar refractivity (Wildman–Crippen MR) is 119 cm³/mol. The van der Waals surface area contributed by atoms with Gasteiger partial charge in [0.1, 0.15) is 23.3 Å². The summed E-state index contributed by atoms with van der Waals surface area (Å²) in [7, 11) is 0. The summed E-state index contributed by atoms with van der Waals surface area (Å²) < 4.78 is 45.8. The zero-order valence-electron chi connectivity index (χ0n) is 17.3. The molecule has 178 valence electrons. The fraction of sp³-hybridized carbons (Fsp3) is 0.238. The molecule has 9 nitrogen and oxygen atoms in total. The highest BCUT2D eigenvalue weighted by Gasteiger charge is 2.30. The number of thioether (sulfide) groups is 1. The van der Waals surface area contributed by atoms with Crippen LogP contribution in [0.15, 0.2) is 59.7 Å². The number of benzene rings is 1. The molecule has 1 amide bonds. The third kappa shape index (κ3) is 5.38. The van der Waals surface area contributed by atoms with Gasteiger partial charge in [-0.1, -0.05) is 6.07 Å². The SMILES string of the molecule is O=C(Nc1ccn(C2CSC(CO)O2)c(=O)n1)c1cccnc1Nc1cccc(C(F)(F)F)c1. The lowest BCUT2D eigenvalue weighted by Gasteiger charge is -2.15. The quantitative estimate of drug-likeness (QED) is 0.479. The van der Waals surface area contributed by atoms with E-state index in [4.69, 9.17) is 9.84 Å². The van der Waals surface area contributed by atoms with Crippen LogP contribution in [0.25, 0.3) is 0 Å². The van der Waals surface area contributed by atoms with Crippen molar-refractivity contribution in [1.82, 2.24) is 14.5 Å². The number of ether oxygens (including phenoxy) is 1. The van der Waals surface area contributed by atoms with E-state index in [0.29, 0.717) is 5.75 Å². The number of aliphatic hydroxyl groups is 1. The van der Waals surface area contributed by atoms with Crippen LogP contribution in [0, 0.1) is 0 Å². The van der Waals surface area contributed by atoms with Crippen molar-refractivity contribution in [3.63, 3.8) is 0 Å². The van der Waals surface area contributed by atoms with E-state index in [2.05, 4.69) is 20.6 Å². The third-order valence-corrected chi connectivity index (χ3v) is 5.88. The van der Waals surface area contributed by atoms with E-state index < -0.39 is 35.0 Å². The van der Waals surface area contributed by atoms with Crippen LogP contribution < -0.4 is 16.3 Å². The molecule has 34 heavy (non-hydrogen) atoms. The van der Waals surface area contributed by atoms with Gasteiger partial charge in [-0.05, 0) is 36.4 Å². The minimum atomic E-state index is -4.52. The number of halogens is 3. The lowest BCUT2D eigenvalue weighted by molar-refractivity contribution is -0.137. The molecular formula is C21H18F3N5O4S. The highest BCUT2D eigenvalue weighted by atomic mass is 32.2. The van der Waals surface area contributed by atoms with Gasteiger partial charge in [-0.15, -0.1) is 11.8 Å². The van der Waals surface area contributed by atoms with Gasteiger partial charge in [-0.2, -0.15) is 18.2 Å². The second-order valence-corrected chi connectivity index (χ2v) is 8.29. The molecule has 1 aliphatic heterocycles. The Hall–Kier alpha value is -3.42. The molecule has 1 fully saturated rings. The summed E-state index contributed by atoms with van der Waals surface area (Å²) in [5, 5.41) is 14.4. The summed E-state index contributed by atoms with van der Waals surface area (Å²) in [4.78, 5) is 33.1. The maximum absolute atomic E-state index is 13.0. The number of alkyl halides is 3. The Labute approximate surface area is 195 Å². The highest BCUT2D eigenvalue weighted by molar-refractivity contribution is 8.00. The summed E-state index contributed by atoms with van der Waals surface area (Å²) in [5.41, 5.74) is -1.80. The van der Waals surface area contributed by atoms with Crippen LogP contribution in [0.2, 0.25) is 0 Å². The second kappa shape index (κ2) is 9.83. The number of aromatic nitrogens is 3. The topological polar surface area (TPSA) is 118 Å². The largest absolute Gasteiger partial charge is 0.416 e. The Morgan fingerprint density at radius 1 is 1.26 bits per heavy atom. The summed E-state index contributed by atoms with van der Waals surface area (Å²) in [6.07, 6.45) is -2.31. The number of rotatable bonds is 6. The monoisotopic (exact) mass is 493 g/mol. The molecule has 0 bridgehead atoms. The number of carbonyl (C=O) groups excluding carboxylic acids is 1. The van der Waals surface area contributed by atoms with Gasteiger partial charge >= 0.3 is 11.9 Å². The molecule has 1 aromatic carbocycles. The molecule has 3 aromatic rings. The maximum Gasteiger partial charge on any atom is 0.416 e. The molecule has 2 atom stereocenters. The van der Waals surface area contributed by atoms with Crippen molar-refractivity contribution in [1.29, 1.82) is 0 Å². The van der Waals surface area contributed by atoms with Gasteiger partial charge in [0.05, 0.1) is 17.7 Å². The van der Waals surface area contributed by atoms with Crippen LogP contribution in [0.3, 0.4) is 0 Å². The first-order valence-electron chi connectivity index (χ1n) is 9.92. The third-order valence-electron chi connectivity index (χ3n) is 4.77. The van der Waals surface area contributed by atoms with Crippen LogP contribution in [0.5, 0.6) is 0 Å². The van der Waals surface area contributed by atoms with E-state index in [-0.39, 0.29) is 29.5 Å². The van der Waals surface area contributed by atoms with E-state index in [9.17, 15) is 22.8 Å². The molecule has 3 N–H and O–H groups in total. The zero-order valence-corrected chi connectivity index (χ0v) is 18.1. The minimum absolute atomic E-state index is 0.0236. The highest BCUT2D eigenvalue weighted by Crippen LogP contribution is 2.32. The van der Waals surface area contributed by atoms with Crippen molar-refractivity contribution in [2.45, 2.75) is 17.8 Å². The van der Waals surface area contributed by atoms with E-state index in [1.165, 1.54) is 59.1 Å². The second-order valence-electron chi connectivity index (χ2n) is 7.10. The molecule has 13 heteroatoms. The molecule has 0 radical (unpaired) electrons. The van der Waals surface area contributed by atoms with Crippen molar-refractivity contribution in [2.24, 2.45) is 0 Å². The average Bonchev–Trinajstić information content (AvgIpc) is 3.28. The first-order valence-corrected chi connectivity index (χ1v) is 11.0. The van der Waals surface area contributed by atoms with Crippen LogP contribution >= 0.6 is 11.8 Å². The Kier molecular flexibility index (Phi) is 6.86. The van der Waals surface area contributed by atoms with Crippen LogP contribution in [0.1, 0.15) is 22.1 Å². The van der Waals surface area contributed by atoms with E-state index in [1.807, 2.05) is 0 Å². The molecule has 2 unspecified atom stereocenters. The van der Waals surface area contributed by atoms with E-state index in [1.54, 1.807) is 0 Å². The fourth-order valence-corrected chi connectivity index (χ4v) is 4.10. The Bertz CT molecular complexity index is 1250. The summed E-state index contributed by atoms with van der Waals surface area (Å²) in [5.74, 6) is -0.206. The standard InChI is InChI=1S/C21H18F3N5O4S/c22-21(23,24)12-3-1-4-13(9-12)26-18-14(5-2-7-25-18)19(31)27-15-6-8-29(20(32)28-15)16-11-34-17(10-30)33-16/h1-9,16-17,30H,10-11H2,(H,25,26)(H,27,28,31,32). The van der Waals surface area contributed by atoms with E-state index >= 15 is 0 Å². The Morgan fingerprint density at radius 2 is 2.09 bits per heavy atom. The Balaban J connectivity index is 1.50. The fourth-order valence-electron chi connectivity index (χ4n) is 3.17. The Morgan fingerprint density at radius 3 is 2.79 bits per heavy atom. The minimum Gasteiger partial charge on any atom is -0.393 e.